The largest absolute Gasteiger partial charge is 0.477 e. The van der Waals surface area contributed by atoms with Gasteiger partial charge in [0.1, 0.15) is 16.3 Å². The van der Waals surface area contributed by atoms with Crippen LogP contribution >= 0.6 is 0 Å². The Labute approximate surface area is 121 Å². The van der Waals surface area contributed by atoms with Gasteiger partial charge in [0.15, 0.2) is 5.82 Å². The first kappa shape index (κ1) is 15.8. The second-order valence-corrected chi connectivity index (χ2v) is 6.94. The number of carboxylic acids is 1. The van der Waals surface area contributed by atoms with Crippen LogP contribution in [0, 0.1) is 23.5 Å². The molecule has 1 aromatic carbocycles. The number of nitrogens with one attached hydrogen (secondary N) is 1. The molecule has 1 saturated carbocycles. The maximum absolute atomic E-state index is 13.9. The monoisotopic (exact) mass is 319 g/mol. The third-order valence-corrected chi connectivity index (χ3v) is 5.02. The molecule has 2 N–H and O–H groups in total. The van der Waals surface area contributed by atoms with Crippen LogP contribution in [-0.4, -0.2) is 26.0 Å². The minimum Gasteiger partial charge on any atom is -0.477 e. The van der Waals surface area contributed by atoms with Crippen molar-refractivity contribution in [2.75, 3.05) is 6.54 Å². The summed E-state index contributed by atoms with van der Waals surface area (Å²) in [5, 5.41) is 8.74. The Balaban J connectivity index is 2.27. The van der Waals surface area contributed by atoms with Gasteiger partial charge in [0, 0.05) is 6.54 Å². The van der Waals surface area contributed by atoms with Gasteiger partial charge < -0.3 is 5.11 Å². The fourth-order valence-corrected chi connectivity index (χ4v) is 3.31. The van der Waals surface area contributed by atoms with Gasteiger partial charge in [-0.05, 0) is 36.8 Å². The molecule has 0 aromatic heterocycles. The predicted molar refractivity (Wildman–Crippen MR) is 70.4 cm³/mol. The van der Waals surface area contributed by atoms with Gasteiger partial charge in [-0.25, -0.2) is 26.7 Å². The molecular weight excluding hydrogens is 304 g/mol. The molecule has 5 nitrogen and oxygen atoms in total. The predicted octanol–water partition coefficient (Wildman–Crippen LogP) is 1.99. The first-order chi connectivity index (χ1) is 9.74. The number of aromatic carboxylic acids is 1. The van der Waals surface area contributed by atoms with Crippen molar-refractivity contribution in [1.29, 1.82) is 0 Å². The molecule has 1 unspecified atom stereocenters. The topological polar surface area (TPSA) is 83.5 Å². The molecule has 21 heavy (non-hydrogen) atoms. The molecule has 1 aromatic rings. The molecular formula is C13H15F2NO4S. The minimum atomic E-state index is -4.22. The van der Waals surface area contributed by atoms with Gasteiger partial charge >= 0.3 is 5.97 Å². The van der Waals surface area contributed by atoms with E-state index in [2.05, 4.69) is 4.72 Å². The summed E-state index contributed by atoms with van der Waals surface area (Å²) in [6.07, 6.45) is 2.08. The van der Waals surface area contributed by atoms with Crippen LogP contribution in [0.25, 0.3) is 0 Å². The molecule has 0 radical (unpaired) electrons. The first-order valence-corrected chi connectivity index (χ1v) is 7.93. The molecule has 0 saturated heterocycles. The Bertz CT molecular complexity index is 671. The third-order valence-electron chi connectivity index (χ3n) is 3.58. The fraction of sp³-hybridized carbons (Fsp3) is 0.462. The highest BCUT2D eigenvalue weighted by molar-refractivity contribution is 7.89. The first-order valence-electron chi connectivity index (χ1n) is 6.45. The van der Waals surface area contributed by atoms with E-state index in [-0.39, 0.29) is 12.5 Å². The fourth-order valence-electron chi connectivity index (χ4n) is 2.09. The lowest BCUT2D eigenvalue weighted by atomic mass is 10.1. The lowest BCUT2D eigenvalue weighted by Gasteiger charge is -2.13. The Kier molecular flexibility index (Phi) is 4.29. The van der Waals surface area contributed by atoms with Gasteiger partial charge in [0.05, 0.1) is 0 Å². The maximum atomic E-state index is 13.9. The van der Waals surface area contributed by atoms with Gasteiger partial charge in [0.2, 0.25) is 10.0 Å². The highest BCUT2D eigenvalue weighted by atomic mass is 32.2. The smallest absolute Gasteiger partial charge is 0.341 e. The van der Waals surface area contributed by atoms with E-state index in [1.165, 1.54) is 0 Å². The van der Waals surface area contributed by atoms with Crippen molar-refractivity contribution >= 4 is 16.0 Å². The highest BCUT2D eigenvalue weighted by Gasteiger charge is 2.30. The average Bonchev–Trinajstić information content (AvgIpc) is 3.19. The number of benzene rings is 1. The van der Waals surface area contributed by atoms with E-state index in [1.807, 2.05) is 6.92 Å². The van der Waals surface area contributed by atoms with Gasteiger partial charge in [0.25, 0.3) is 0 Å². The maximum Gasteiger partial charge on any atom is 0.341 e. The molecule has 2 rings (SSSR count). The average molecular weight is 319 g/mol. The summed E-state index contributed by atoms with van der Waals surface area (Å²) in [5.41, 5.74) is -1.27. The zero-order valence-corrected chi connectivity index (χ0v) is 12.1. The number of halogens is 2. The van der Waals surface area contributed by atoms with Crippen molar-refractivity contribution in [2.45, 2.75) is 24.7 Å². The summed E-state index contributed by atoms with van der Waals surface area (Å²) < 4.78 is 53.5. The molecule has 0 heterocycles. The molecule has 0 amide bonds. The van der Waals surface area contributed by atoms with Crippen LogP contribution in [0.15, 0.2) is 17.0 Å². The number of carbonyl (C=O) groups is 1. The van der Waals surface area contributed by atoms with E-state index in [4.69, 9.17) is 5.11 Å². The summed E-state index contributed by atoms with van der Waals surface area (Å²) >= 11 is 0. The lowest BCUT2D eigenvalue weighted by molar-refractivity contribution is 0.0685. The van der Waals surface area contributed by atoms with Crippen LogP contribution in [0.4, 0.5) is 8.78 Å². The molecule has 8 heteroatoms. The zero-order valence-electron chi connectivity index (χ0n) is 11.3. The van der Waals surface area contributed by atoms with E-state index in [0.29, 0.717) is 12.0 Å². The van der Waals surface area contributed by atoms with Gasteiger partial charge in [-0.15, -0.1) is 0 Å². The van der Waals surface area contributed by atoms with Crippen molar-refractivity contribution in [3.63, 3.8) is 0 Å². The molecule has 1 aliphatic rings. The van der Waals surface area contributed by atoms with Crippen LogP contribution in [-0.2, 0) is 10.0 Å². The van der Waals surface area contributed by atoms with E-state index < -0.39 is 38.1 Å². The quantitative estimate of drug-likeness (QED) is 0.840. The Morgan fingerprint density at radius 2 is 2.05 bits per heavy atom. The molecule has 116 valence electrons. The van der Waals surface area contributed by atoms with Crippen LogP contribution in [0.2, 0.25) is 0 Å². The molecule has 1 aliphatic carbocycles. The van der Waals surface area contributed by atoms with E-state index >= 15 is 0 Å². The van der Waals surface area contributed by atoms with Crippen LogP contribution in [0.5, 0.6) is 0 Å². The van der Waals surface area contributed by atoms with Crippen molar-refractivity contribution in [1.82, 2.24) is 4.72 Å². The molecule has 1 atom stereocenters. The lowest BCUT2D eigenvalue weighted by Crippen LogP contribution is -2.30. The molecule has 0 bridgehead atoms. The van der Waals surface area contributed by atoms with E-state index in [9.17, 15) is 22.0 Å². The van der Waals surface area contributed by atoms with E-state index in [0.717, 1.165) is 18.9 Å². The highest BCUT2D eigenvalue weighted by Crippen LogP contribution is 2.36. The van der Waals surface area contributed by atoms with Crippen molar-refractivity contribution in [3.8, 4) is 0 Å². The van der Waals surface area contributed by atoms with Crippen molar-refractivity contribution in [3.05, 3.63) is 29.3 Å². The summed E-state index contributed by atoms with van der Waals surface area (Å²) in [7, 11) is -4.22. The third kappa shape index (κ3) is 3.38. The summed E-state index contributed by atoms with van der Waals surface area (Å²) in [4.78, 5) is 9.93. The summed E-state index contributed by atoms with van der Waals surface area (Å²) in [6, 6.07) is 1.35. The Morgan fingerprint density at radius 1 is 1.43 bits per heavy atom. The van der Waals surface area contributed by atoms with Crippen molar-refractivity contribution in [2.24, 2.45) is 11.8 Å². The summed E-state index contributed by atoms with van der Waals surface area (Å²) in [5.74, 6) is -4.18. The van der Waals surface area contributed by atoms with Gasteiger partial charge in [-0.2, -0.15) is 0 Å². The van der Waals surface area contributed by atoms with Crippen LogP contribution in [0.1, 0.15) is 30.1 Å². The zero-order chi connectivity index (χ0) is 15.8. The molecule has 0 spiro atoms. The Hall–Kier alpha value is -1.54. The van der Waals surface area contributed by atoms with E-state index in [1.54, 1.807) is 0 Å². The second kappa shape index (κ2) is 5.69. The number of rotatable bonds is 6. The number of carboxylic acid groups (broad SMARTS) is 1. The van der Waals surface area contributed by atoms with Crippen LogP contribution < -0.4 is 4.72 Å². The number of hydrogen-bond acceptors (Lipinski definition) is 3. The van der Waals surface area contributed by atoms with Crippen LogP contribution in [0.3, 0.4) is 0 Å². The van der Waals surface area contributed by atoms with Gasteiger partial charge in [-0.3, -0.25) is 0 Å². The Morgan fingerprint density at radius 3 is 2.57 bits per heavy atom. The minimum absolute atomic E-state index is 0.113. The SMILES string of the molecule is CC(CNS(=O)(=O)c1ccc(F)c(C(=O)O)c1F)C1CC1. The molecule has 1 fully saturated rings. The standard InChI is InChI=1S/C13H15F2NO4S/c1-7(8-2-3-8)6-16-21(19,20)10-5-4-9(14)11(12(10)15)13(17)18/h4-5,7-8,16H,2-3,6H2,1H3,(H,17,18). The van der Waals surface area contributed by atoms with Gasteiger partial charge in [-0.1, -0.05) is 6.92 Å². The second-order valence-electron chi connectivity index (χ2n) is 5.21. The molecule has 0 aliphatic heterocycles. The normalized spacial score (nSPS) is 16.7. The summed E-state index contributed by atoms with van der Waals surface area (Å²) in [6.45, 7) is 2.01. The number of hydrogen-bond donors (Lipinski definition) is 2. The number of sulfonamides is 1. The van der Waals surface area contributed by atoms with Crippen molar-refractivity contribution < 1.29 is 27.1 Å².